The average molecular weight is 214 g/mol. The number of hydrogen-bond acceptors (Lipinski definition) is 4. The van der Waals surface area contributed by atoms with E-state index < -0.39 is 0 Å². The predicted octanol–water partition coefficient (Wildman–Crippen LogP) is -0.160. The number of carbonyl (C=O) groups is 2. The van der Waals surface area contributed by atoms with Crippen molar-refractivity contribution in [3.05, 3.63) is 0 Å². The van der Waals surface area contributed by atoms with Gasteiger partial charge in [0.15, 0.2) is 0 Å². The normalized spacial score (nSPS) is 29.3. The van der Waals surface area contributed by atoms with Crippen molar-refractivity contribution in [3.63, 3.8) is 0 Å². The summed E-state index contributed by atoms with van der Waals surface area (Å²) in [5, 5.41) is 2.93. The molecule has 0 saturated carbocycles. The lowest BCUT2D eigenvalue weighted by Crippen LogP contribution is -2.52. The van der Waals surface area contributed by atoms with E-state index in [-0.39, 0.29) is 11.8 Å². The number of thioether (sulfide) groups is 1. The molecule has 0 aromatic rings. The Morgan fingerprint density at radius 1 is 1.36 bits per heavy atom. The zero-order valence-electron chi connectivity index (χ0n) is 7.99. The second-order valence-electron chi connectivity index (χ2n) is 3.78. The Balaban J connectivity index is 1.84. The molecule has 2 fully saturated rings. The molecule has 2 heterocycles. The molecule has 2 rings (SSSR count). The van der Waals surface area contributed by atoms with E-state index in [1.807, 2.05) is 16.7 Å². The van der Waals surface area contributed by atoms with Gasteiger partial charge in [-0.3, -0.25) is 19.8 Å². The number of carbonyl (C=O) groups excluding carboxylic acids is 2. The van der Waals surface area contributed by atoms with Crippen LogP contribution >= 0.6 is 11.8 Å². The summed E-state index contributed by atoms with van der Waals surface area (Å²) in [6.07, 6.45) is 2.49. The third-order valence-corrected chi connectivity index (χ3v) is 3.88. The van der Waals surface area contributed by atoms with Crippen molar-refractivity contribution < 1.29 is 9.59 Å². The van der Waals surface area contributed by atoms with Crippen molar-refractivity contribution in [1.29, 1.82) is 0 Å². The van der Waals surface area contributed by atoms with Gasteiger partial charge in [0.1, 0.15) is 0 Å². The summed E-state index contributed by atoms with van der Waals surface area (Å²) in [6.45, 7) is 1.63. The van der Waals surface area contributed by atoms with Crippen LogP contribution in [0.5, 0.6) is 0 Å². The van der Waals surface area contributed by atoms with E-state index >= 15 is 0 Å². The van der Waals surface area contributed by atoms with Gasteiger partial charge in [-0.15, -0.1) is 0 Å². The van der Waals surface area contributed by atoms with Crippen LogP contribution in [0.4, 0.5) is 0 Å². The van der Waals surface area contributed by atoms with Crippen LogP contribution in [0.15, 0.2) is 0 Å². The minimum absolute atomic E-state index is 0.163. The second kappa shape index (κ2) is 4.31. The number of imide groups is 1. The van der Waals surface area contributed by atoms with Gasteiger partial charge in [-0.05, 0) is 18.6 Å². The van der Waals surface area contributed by atoms with Gasteiger partial charge in [-0.1, -0.05) is 0 Å². The van der Waals surface area contributed by atoms with E-state index in [9.17, 15) is 9.59 Å². The van der Waals surface area contributed by atoms with Crippen molar-refractivity contribution in [3.8, 4) is 0 Å². The molecule has 78 valence electrons. The predicted molar refractivity (Wildman–Crippen MR) is 55.1 cm³/mol. The van der Waals surface area contributed by atoms with Crippen LogP contribution in [-0.2, 0) is 9.59 Å². The Hall–Kier alpha value is -0.550. The van der Waals surface area contributed by atoms with Crippen molar-refractivity contribution >= 4 is 23.6 Å². The topological polar surface area (TPSA) is 49.4 Å². The molecule has 0 bridgehead atoms. The van der Waals surface area contributed by atoms with Crippen molar-refractivity contribution in [2.24, 2.45) is 0 Å². The summed E-state index contributed by atoms with van der Waals surface area (Å²) in [5.41, 5.74) is 0. The Labute approximate surface area is 87.4 Å². The number of nitrogens with one attached hydrogen (secondary N) is 1. The molecule has 2 aliphatic rings. The molecule has 0 spiro atoms. The first-order valence-corrected chi connectivity index (χ1v) is 5.95. The molecule has 1 N–H and O–H groups in total. The molecular formula is C9H14N2O2S. The van der Waals surface area contributed by atoms with Gasteiger partial charge in [0.2, 0.25) is 11.8 Å². The molecule has 2 amide bonds. The summed E-state index contributed by atoms with van der Waals surface area (Å²) >= 11 is 1.95. The monoisotopic (exact) mass is 214 g/mol. The van der Waals surface area contributed by atoms with Gasteiger partial charge < -0.3 is 0 Å². The van der Waals surface area contributed by atoms with Gasteiger partial charge in [0.05, 0.1) is 13.1 Å². The zero-order chi connectivity index (χ0) is 9.97. The highest BCUT2D eigenvalue weighted by Gasteiger charge is 2.26. The standard InChI is InChI=1S/C9H14N2O2S/c12-8-5-11(6-9(13)10-8)4-7-2-1-3-14-7/h7H,1-6H2,(H,10,12,13). The maximum absolute atomic E-state index is 11.1. The van der Waals surface area contributed by atoms with Crippen molar-refractivity contribution in [1.82, 2.24) is 10.2 Å². The lowest BCUT2D eigenvalue weighted by Gasteiger charge is -2.27. The molecule has 0 aliphatic carbocycles. The molecule has 4 nitrogen and oxygen atoms in total. The van der Waals surface area contributed by atoms with Gasteiger partial charge >= 0.3 is 0 Å². The minimum Gasteiger partial charge on any atom is -0.294 e. The Bertz CT molecular complexity index is 235. The van der Waals surface area contributed by atoms with Gasteiger partial charge in [-0.2, -0.15) is 11.8 Å². The zero-order valence-corrected chi connectivity index (χ0v) is 8.81. The average Bonchev–Trinajstić information content (AvgIpc) is 2.54. The van der Waals surface area contributed by atoms with E-state index in [4.69, 9.17) is 0 Å². The molecule has 14 heavy (non-hydrogen) atoms. The van der Waals surface area contributed by atoms with Crippen LogP contribution in [0.1, 0.15) is 12.8 Å². The summed E-state index contributed by atoms with van der Waals surface area (Å²) in [5.74, 6) is 0.895. The fraction of sp³-hybridized carbons (Fsp3) is 0.778. The van der Waals surface area contributed by atoms with E-state index in [1.165, 1.54) is 18.6 Å². The largest absolute Gasteiger partial charge is 0.294 e. The summed E-state index contributed by atoms with van der Waals surface area (Å²) in [7, 11) is 0. The molecule has 1 unspecified atom stereocenters. The Kier molecular flexibility index (Phi) is 3.08. The molecule has 0 radical (unpaired) electrons. The first-order valence-electron chi connectivity index (χ1n) is 4.90. The number of hydrogen-bond donors (Lipinski definition) is 1. The van der Waals surface area contributed by atoms with Gasteiger partial charge in [-0.25, -0.2) is 0 Å². The molecule has 2 saturated heterocycles. The molecule has 2 aliphatic heterocycles. The first kappa shape index (κ1) is 9.98. The highest BCUT2D eigenvalue weighted by atomic mass is 32.2. The van der Waals surface area contributed by atoms with E-state index in [1.54, 1.807) is 0 Å². The second-order valence-corrected chi connectivity index (χ2v) is 5.18. The Morgan fingerprint density at radius 3 is 2.64 bits per heavy atom. The van der Waals surface area contributed by atoms with Crippen LogP contribution < -0.4 is 5.32 Å². The SMILES string of the molecule is O=C1CN(CC2CCCS2)CC(=O)N1. The van der Waals surface area contributed by atoms with E-state index in [0.29, 0.717) is 18.3 Å². The summed E-state index contributed by atoms with van der Waals surface area (Å²) < 4.78 is 0. The lowest BCUT2D eigenvalue weighted by atomic mass is 10.2. The first-order chi connectivity index (χ1) is 6.74. The van der Waals surface area contributed by atoms with Crippen LogP contribution in [0.2, 0.25) is 0 Å². The highest BCUT2D eigenvalue weighted by molar-refractivity contribution is 8.00. The quantitative estimate of drug-likeness (QED) is 0.649. The molecular weight excluding hydrogens is 200 g/mol. The summed E-state index contributed by atoms with van der Waals surface area (Å²) in [6, 6.07) is 0. The number of rotatable bonds is 2. The minimum atomic E-state index is -0.163. The Morgan fingerprint density at radius 2 is 2.07 bits per heavy atom. The van der Waals surface area contributed by atoms with Crippen LogP contribution in [0, 0.1) is 0 Å². The van der Waals surface area contributed by atoms with E-state index in [0.717, 1.165) is 6.54 Å². The number of amides is 2. The number of piperazine rings is 1. The molecule has 1 atom stereocenters. The van der Waals surface area contributed by atoms with Crippen molar-refractivity contribution in [2.75, 3.05) is 25.4 Å². The lowest BCUT2D eigenvalue weighted by molar-refractivity contribution is -0.135. The smallest absolute Gasteiger partial charge is 0.240 e. The maximum Gasteiger partial charge on any atom is 0.240 e. The van der Waals surface area contributed by atoms with Gasteiger partial charge in [0.25, 0.3) is 0 Å². The van der Waals surface area contributed by atoms with Crippen LogP contribution in [0.25, 0.3) is 0 Å². The fourth-order valence-electron chi connectivity index (χ4n) is 1.90. The highest BCUT2D eigenvalue weighted by Crippen LogP contribution is 2.26. The molecule has 5 heteroatoms. The van der Waals surface area contributed by atoms with E-state index in [2.05, 4.69) is 5.32 Å². The third-order valence-electron chi connectivity index (χ3n) is 2.50. The van der Waals surface area contributed by atoms with Crippen LogP contribution in [0.3, 0.4) is 0 Å². The fourth-order valence-corrected chi connectivity index (χ4v) is 3.22. The summed E-state index contributed by atoms with van der Waals surface area (Å²) in [4.78, 5) is 24.1. The van der Waals surface area contributed by atoms with Crippen molar-refractivity contribution in [2.45, 2.75) is 18.1 Å². The third kappa shape index (κ3) is 2.48. The maximum atomic E-state index is 11.1. The van der Waals surface area contributed by atoms with Crippen LogP contribution in [-0.4, -0.2) is 47.4 Å². The van der Waals surface area contributed by atoms with Gasteiger partial charge in [0, 0.05) is 11.8 Å². The molecule has 0 aromatic heterocycles. The number of nitrogens with zero attached hydrogens (tertiary/aromatic N) is 1. The molecule has 0 aromatic carbocycles.